The average Bonchev–Trinajstić information content (AvgIpc) is 2.71. The number of hydrogen-bond donors (Lipinski definition) is 2. The lowest BCUT2D eigenvalue weighted by Crippen LogP contribution is -2.30. The molecule has 0 unspecified atom stereocenters. The molecule has 0 aromatic heterocycles. The molecule has 0 radical (unpaired) electrons. The summed E-state index contributed by atoms with van der Waals surface area (Å²) in [5, 5.41) is 2.73. The van der Waals surface area contributed by atoms with Crippen molar-refractivity contribution in [2.75, 3.05) is 10.0 Å². The third-order valence-electron chi connectivity index (χ3n) is 4.30. The lowest BCUT2D eigenvalue weighted by atomic mass is 10.2. The van der Waals surface area contributed by atoms with Crippen LogP contribution in [0.1, 0.15) is 12.5 Å². The van der Waals surface area contributed by atoms with Gasteiger partial charge in [-0.3, -0.25) is 9.52 Å². The van der Waals surface area contributed by atoms with Crippen LogP contribution in [0, 0.1) is 6.92 Å². The van der Waals surface area contributed by atoms with Crippen molar-refractivity contribution in [1.82, 2.24) is 0 Å². The van der Waals surface area contributed by atoms with E-state index in [1.54, 1.807) is 37.3 Å². The number of halogens is 1. The molecule has 0 bridgehead atoms. The molecule has 0 aliphatic rings. The number of nitrogens with one attached hydrogen (secondary N) is 2. The highest BCUT2D eigenvalue weighted by Gasteiger charge is 2.17. The molecule has 1 atom stereocenters. The Hall–Kier alpha value is -2.84. The molecule has 0 fully saturated rings. The lowest BCUT2D eigenvalue weighted by molar-refractivity contribution is -0.122. The number of carbonyl (C=O) groups excluding carboxylic acids is 1. The fourth-order valence-corrected chi connectivity index (χ4v) is 3.95. The smallest absolute Gasteiger partial charge is 0.265 e. The van der Waals surface area contributed by atoms with E-state index in [2.05, 4.69) is 26.0 Å². The predicted octanol–water partition coefficient (Wildman–Crippen LogP) is 4.96. The van der Waals surface area contributed by atoms with E-state index in [0.29, 0.717) is 17.1 Å². The maximum absolute atomic E-state index is 12.5. The van der Waals surface area contributed by atoms with Gasteiger partial charge in [-0.05, 0) is 74.0 Å². The summed E-state index contributed by atoms with van der Waals surface area (Å²) in [4.78, 5) is 12.5. The second-order valence-corrected chi connectivity index (χ2v) is 9.25. The maximum atomic E-state index is 12.5. The zero-order valence-electron chi connectivity index (χ0n) is 16.4. The first kappa shape index (κ1) is 21.9. The van der Waals surface area contributed by atoms with E-state index in [1.807, 2.05) is 25.1 Å². The van der Waals surface area contributed by atoms with Crippen LogP contribution >= 0.6 is 15.9 Å². The quantitative estimate of drug-likeness (QED) is 0.491. The Labute approximate surface area is 184 Å². The van der Waals surface area contributed by atoms with Crippen molar-refractivity contribution in [1.29, 1.82) is 0 Å². The molecule has 0 aliphatic carbocycles. The zero-order chi connectivity index (χ0) is 21.7. The van der Waals surface area contributed by atoms with Crippen LogP contribution in [0.2, 0.25) is 0 Å². The Morgan fingerprint density at radius 3 is 2.17 bits per heavy atom. The standard InChI is InChI=1S/C22H21BrN2O4S/c1-15-5-3-4-6-21(15)29-16(2)22(26)24-18-11-13-20(14-12-18)30(27,28)25-19-9-7-17(23)8-10-19/h3-14,16,25H,1-2H3,(H,24,26)/t16-/m0/s1. The van der Waals surface area contributed by atoms with E-state index in [0.717, 1.165) is 10.0 Å². The van der Waals surface area contributed by atoms with Crippen LogP contribution in [0.25, 0.3) is 0 Å². The van der Waals surface area contributed by atoms with E-state index >= 15 is 0 Å². The monoisotopic (exact) mass is 488 g/mol. The first-order valence-electron chi connectivity index (χ1n) is 9.16. The van der Waals surface area contributed by atoms with E-state index in [-0.39, 0.29) is 10.8 Å². The van der Waals surface area contributed by atoms with Crippen molar-refractivity contribution in [2.45, 2.75) is 24.8 Å². The average molecular weight is 489 g/mol. The number of rotatable bonds is 7. The van der Waals surface area contributed by atoms with Gasteiger partial charge >= 0.3 is 0 Å². The van der Waals surface area contributed by atoms with Crippen molar-refractivity contribution >= 4 is 43.2 Å². The third-order valence-corrected chi connectivity index (χ3v) is 6.22. The highest BCUT2D eigenvalue weighted by atomic mass is 79.9. The highest BCUT2D eigenvalue weighted by molar-refractivity contribution is 9.10. The van der Waals surface area contributed by atoms with Crippen LogP contribution in [0.5, 0.6) is 5.75 Å². The number of sulfonamides is 1. The summed E-state index contributed by atoms with van der Waals surface area (Å²) in [6.07, 6.45) is -0.714. The molecule has 156 valence electrons. The zero-order valence-corrected chi connectivity index (χ0v) is 18.8. The number of para-hydroxylation sites is 1. The summed E-state index contributed by atoms with van der Waals surface area (Å²) in [6, 6.07) is 20.2. The molecule has 2 N–H and O–H groups in total. The van der Waals surface area contributed by atoms with Crippen molar-refractivity contribution in [2.24, 2.45) is 0 Å². The van der Waals surface area contributed by atoms with Gasteiger partial charge in [-0.2, -0.15) is 0 Å². The van der Waals surface area contributed by atoms with Gasteiger partial charge in [0.2, 0.25) is 0 Å². The molecule has 0 saturated heterocycles. The highest BCUT2D eigenvalue weighted by Crippen LogP contribution is 2.21. The van der Waals surface area contributed by atoms with Gasteiger partial charge in [-0.1, -0.05) is 34.1 Å². The minimum atomic E-state index is -3.74. The van der Waals surface area contributed by atoms with Gasteiger partial charge in [0.1, 0.15) is 5.75 Å². The van der Waals surface area contributed by atoms with Crippen LogP contribution in [-0.4, -0.2) is 20.4 Å². The Morgan fingerprint density at radius 1 is 0.933 bits per heavy atom. The number of anilines is 2. The molecule has 3 aromatic rings. The number of benzene rings is 3. The Bertz CT molecular complexity index is 1130. The van der Waals surface area contributed by atoms with Crippen molar-refractivity contribution in [3.8, 4) is 5.75 Å². The van der Waals surface area contributed by atoms with Gasteiger partial charge in [0.15, 0.2) is 6.10 Å². The molecule has 3 rings (SSSR count). The maximum Gasteiger partial charge on any atom is 0.265 e. The van der Waals surface area contributed by atoms with E-state index in [4.69, 9.17) is 4.74 Å². The molecule has 0 saturated carbocycles. The summed E-state index contributed by atoms with van der Waals surface area (Å²) in [5.74, 6) is 0.308. The largest absolute Gasteiger partial charge is 0.481 e. The van der Waals surface area contributed by atoms with Crippen molar-refractivity contribution in [3.63, 3.8) is 0 Å². The van der Waals surface area contributed by atoms with E-state index in [9.17, 15) is 13.2 Å². The van der Waals surface area contributed by atoms with Crippen LogP contribution in [0.15, 0.2) is 82.2 Å². The molecule has 0 aliphatic heterocycles. The molecular formula is C22H21BrN2O4S. The summed E-state index contributed by atoms with van der Waals surface area (Å²) < 4.78 is 34.1. The fraction of sp³-hybridized carbons (Fsp3) is 0.136. The lowest BCUT2D eigenvalue weighted by Gasteiger charge is -2.16. The number of aryl methyl sites for hydroxylation is 1. The fourth-order valence-electron chi connectivity index (χ4n) is 2.63. The summed E-state index contributed by atoms with van der Waals surface area (Å²) in [5.41, 5.74) is 1.87. The topological polar surface area (TPSA) is 84.5 Å². The van der Waals surface area contributed by atoms with Crippen LogP contribution in [0.3, 0.4) is 0 Å². The normalized spacial score (nSPS) is 12.1. The molecule has 0 heterocycles. The second-order valence-electron chi connectivity index (χ2n) is 6.65. The molecule has 8 heteroatoms. The van der Waals surface area contributed by atoms with Crippen molar-refractivity contribution < 1.29 is 17.9 Å². The van der Waals surface area contributed by atoms with Gasteiger partial charge in [0.25, 0.3) is 15.9 Å². The molecule has 6 nitrogen and oxygen atoms in total. The molecule has 30 heavy (non-hydrogen) atoms. The Kier molecular flexibility index (Phi) is 6.79. The third kappa shape index (κ3) is 5.61. The molecule has 3 aromatic carbocycles. The number of hydrogen-bond acceptors (Lipinski definition) is 4. The van der Waals surface area contributed by atoms with Crippen LogP contribution < -0.4 is 14.8 Å². The summed E-state index contributed by atoms with van der Waals surface area (Å²) >= 11 is 3.31. The Balaban J connectivity index is 1.64. The van der Waals surface area contributed by atoms with E-state index < -0.39 is 16.1 Å². The Morgan fingerprint density at radius 2 is 1.53 bits per heavy atom. The first-order valence-corrected chi connectivity index (χ1v) is 11.4. The van der Waals surface area contributed by atoms with E-state index in [1.165, 1.54) is 24.3 Å². The molecule has 1 amide bonds. The minimum absolute atomic E-state index is 0.0904. The molecular weight excluding hydrogens is 468 g/mol. The second kappa shape index (κ2) is 9.32. The number of carbonyl (C=O) groups is 1. The number of amides is 1. The summed E-state index contributed by atoms with van der Waals surface area (Å²) in [7, 11) is -3.74. The minimum Gasteiger partial charge on any atom is -0.481 e. The van der Waals surface area contributed by atoms with Gasteiger partial charge in [0, 0.05) is 15.8 Å². The number of ether oxygens (including phenoxy) is 1. The van der Waals surface area contributed by atoms with Gasteiger partial charge in [-0.25, -0.2) is 8.42 Å². The molecule has 0 spiro atoms. The van der Waals surface area contributed by atoms with Crippen molar-refractivity contribution in [3.05, 3.63) is 82.8 Å². The SMILES string of the molecule is Cc1ccccc1O[C@@H](C)C(=O)Nc1ccc(S(=O)(=O)Nc2ccc(Br)cc2)cc1. The van der Waals surface area contributed by atoms with Gasteiger partial charge < -0.3 is 10.1 Å². The van der Waals surface area contributed by atoms with Crippen LogP contribution in [-0.2, 0) is 14.8 Å². The van der Waals surface area contributed by atoms with Gasteiger partial charge in [-0.15, -0.1) is 0 Å². The predicted molar refractivity (Wildman–Crippen MR) is 121 cm³/mol. The first-order chi connectivity index (χ1) is 14.2. The van der Waals surface area contributed by atoms with Crippen LogP contribution in [0.4, 0.5) is 11.4 Å². The van der Waals surface area contributed by atoms with Gasteiger partial charge in [0.05, 0.1) is 4.90 Å². The summed E-state index contributed by atoms with van der Waals surface area (Å²) in [6.45, 7) is 3.56.